The summed E-state index contributed by atoms with van der Waals surface area (Å²) in [7, 11) is 0. The van der Waals surface area contributed by atoms with Crippen molar-refractivity contribution in [2.75, 3.05) is 39.3 Å². The van der Waals surface area contributed by atoms with E-state index in [2.05, 4.69) is 37.9 Å². The third-order valence-electron chi connectivity index (χ3n) is 4.38. The molecule has 0 aromatic rings. The first-order valence-corrected chi connectivity index (χ1v) is 8.37. The summed E-state index contributed by atoms with van der Waals surface area (Å²) in [5, 5.41) is 3.47. The van der Waals surface area contributed by atoms with Crippen molar-refractivity contribution in [2.24, 2.45) is 5.92 Å². The number of hydrogen-bond donors (Lipinski definition) is 1. The molecular weight excluding hydrogens is 250 g/mol. The highest BCUT2D eigenvalue weighted by molar-refractivity contribution is 5.81. The van der Waals surface area contributed by atoms with Crippen LogP contribution >= 0.6 is 0 Å². The second kappa shape index (κ2) is 9.35. The fraction of sp³-hybridized carbons (Fsp3) is 0.938. The summed E-state index contributed by atoms with van der Waals surface area (Å²) < 4.78 is 0. The zero-order chi connectivity index (χ0) is 15.0. The summed E-state index contributed by atoms with van der Waals surface area (Å²) in [4.78, 5) is 16.9. The lowest BCUT2D eigenvalue weighted by atomic mass is 9.98. The number of likely N-dealkylation sites (N-methyl/N-ethyl adjacent to an activating group) is 1. The maximum Gasteiger partial charge on any atom is 0.239 e. The summed E-state index contributed by atoms with van der Waals surface area (Å²) in [6, 6.07) is 0.0109. The van der Waals surface area contributed by atoms with E-state index in [4.69, 9.17) is 0 Å². The van der Waals surface area contributed by atoms with E-state index in [0.717, 1.165) is 45.7 Å². The molecule has 1 rings (SSSR count). The van der Waals surface area contributed by atoms with Crippen molar-refractivity contribution in [3.05, 3.63) is 0 Å². The van der Waals surface area contributed by atoms with Gasteiger partial charge in [-0.1, -0.05) is 6.92 Å². The Morgan fingerprint density at radius 2 is 2.00 bits per heavy atom. The molecule has 1 N–H and O–H groups in total. The maximum absolute atomic E-state index is 12.5. The number of amides is 1. The van der Waals surface area contributed by atoms with Crippen LogP contribution in [0.2, 0.25) is 0 Å². The van der Waals surface area contributed by atoms with Crippen molar-refractivity contribution in [2.45, 2.75) is 53.0 Å². The van der Waals surface area contributed by atoms with Gasteiger partial charge in [0.1, 0.15) is 0 Å². The number of rotatable bonds is 8. The molecule has 1 aliphatic rings. The minimum Gasteiger partial charge on any atom is -0.342 e. The molecule has 2 atom stereocenters. The predicted molar refractivity (Wildman–Crippen MR) is 84.8 cm³/mol. The third-order valence-corrected chi connectivity index (χ3v) is 4.38. The van der Waals surface area contributed by atoms with Gasteiger partial charge in [0.05, 0.1) is 6.04 Å². The molecule has 1 heterocycles. The van der Waals surface area contributed by atoms with Gasteiger partial charge in [0, 0.05) is 19.6 Å². The lowest BCUT2D eigenvalue weighted by Crippen LogP contribution is -2.50. The Morgan fingerprint density at radius 3 is 2.50 bits per heavy atom. The van der Waals surface area contributed by atoms with Crippen LogP contribution in [0.15, 0.2) is 0 Å². The van der Waals surface area contributed by atoms with Gasteiger partial charge in [-0.3, -0.25) is 9.69 Å². The summed E-state index contributed by atoms with van der Waals surface area (Å²) in [5.41, 5.74) is 0. The first-order valence-electron chi connectivity index (χ1n) is 8.37. The van der Waals surface area contributed by atoms with E-state index < -0.39 is 0 Å². The van der Waals surface area contributed by atoms with Crippen molar-refractivity contribution in [3.8, 4) is 0 Å². The van der Waals surface area contributed by atoms with Gasteiger partial charge >= 0.3 is 0 Å². The van der Waals surface area contributed by atoms with Crippen LogP contribution in [0.4, 0.5) is 0 Å². The van der Waals surface area contributed by atoms with Gasteiger partial charge < -0.3 is 10.2 Å². The summed E-state index contributed by atoms with van der Waals surface area (Å²) in [6.07, 6.45) is 3.67. The summed E-state index contributed by atoms with van der Waals surface area (Å²) >= 11 is 0. The zero-order valence-electron chi connectivity index (χ0n) is 13.8. The molecule has 0 aromatic carbocycles. The Bertz CT molecular complexity index is 273. The second-order valence-corrected chi connectivity index (χ2v) is 5.89. The fourth-order valence-electron chi connectivity index (χ4n) is 3.10. The van der Waals surface area contributed by atoms with E-state index in [1.807, 2.05) is 4.90 Å². The number of nitrogens with zero attached hydrogens (tertiary/aromatic N) is 2. The Labute approximate surface area is 124 Å². The summed E-state index contributed by atoms with van der Waals surface area (Å²) in [6.45, 7) is 14.3. The van der Waals surface area contributed by atoms with Crippen LogP contribution in [-0.2, 0) is 4.79 Å². The average molecular weight is 283 g/mol. The van der Waals surface area contributed by atoms with Crippen molar-refractivity contribution >= 4 is 5.91 Å². The highest BCUT2D eigenvalue weighted by Crippen LogP contribution is 2.15. The lowest BCUT2D eigenvalue weighted by Gasteiger charge is -2.35. The van der Waals surface area contributed by atoms with E-state index in [0.29, 0.717) is 5.92 Å². The van der Waals surface area contributed by atoms with Gasteiger partial charge in [0.25, 0.3) is 0 Å². The van der Waals surface area contributed by atoms with Gasteiger partial charge in [0.2, 0.25) is 5.91 Å². The Hall–Kier alpha value is -0.610. The van der Waals surface area contributed by atoms with Gasteiger partial charge in [0.15, 0.2) is 0 Å². The van der Waals surface area contributed by atoms with Crippen LogP contribution < -0.4 is 5.32 Å². The molecule has 1 amide bonds. The fourth-order valence-corrected chi connectivity index (χ4v) is 3.10. The van der Waals surface area contributed by atoms with Gasteiger partial charge in [-0.25, -0.2) is 0 Å². The summed E-state index contributed by atoms with van der Waals surface area (Å²) in [5.74, 6) is 0.981. The maximum atomic E-state index is 12.5. The molecule has 0 aromatic heterocycles. The molecule has 118 valence electrons. The van der Waals surface area contributed by atoms with Crippen LogP contribution in [0.25, 0.3) is 0 Å². The number of carbonyl (C=O) groups is 1. The Balaban J connectivity index is 2.60. The third kappa shape index (κ3) is 5.06. The molecule has 2 unspecified atom stereocenters. The lowest BCUT2D eigenvalue weighted by molar-refractivity contribution is -0.136. The minimum absolute atomic E-state index is 0.0109. The molecule has 4 heteroatoms. The second-order valence-electron chi connectivity index (χ2n) is 5.89. The molecular formula is C16H33N3O. The number of hydrogen-bond acceptors (Lipinski definition) is 3. The molecule has 0 saturated carbocycles. The molecule has 1 aliphatic heterocycles. The first kappa shape index (κ1) is 17.4. The van der Waals surface area contributed by atoms with Crippen LogP contribution in [0.5, 0.6) is 0 Å². The minimum atomic E-state index is 0.0109. The van der Waals surface area contributed by atoms with E-state index in [1.165, 1.54) is 12.8 Å². The van der Waals surface area contributed by atoms with Crippen molar-refractivity contribution in [1.82, 2.24) is 15.1 Å². The molecule has 1 fully saturated rings. The topological polar surface area (TPSA) is 35.6 Å². The molecule has 1 saturated heterocycles. The van der Waals surface area contributed by atoms with E-state index in [-0.39, 0.29) is 11.9 Å². The largest absolute Gasteiger partial charge is 0.342 e. The van der Waals surface area contributed by atoms with Crippen LogP contribution in [-0.4, -0.2) is 61.0 Å². The van der Waals surface area contributed by atoms with Crippen molar-refractivity contribution in [1.29, 1.82) is 0 Å². The normalized spacial score (nSPS) is 20.9. The molecule has 0 bridgehead atoms. The predicted octanol–water partition coefficient (Wildman–Crippen LogP) is 1.95. The molecule has 20 heavy (non-hydrogen) atoms. The number of piperidine rings is 1. The monoisotopic (exact) mass is 283 g/mol. The quantitative estimate of drug-likeness (QED) is 0.739. The smallest absolute Gasteiger partial charge is 0.239 e. The van der Waals surface area contributed by atoms with E-state index >= 15 is 0 Å². The average Bonchev–Trinajstić information content (AvgIpc) is 2.48. The number of nitrogens with one attached hydrogen (secondary N) is 1. The number of carbonyl (C=O) groups excluding carboxylic acids is 1. The highest BCUT2D eigenvalue weighted by Gasteiger charge is 2.26. The Kier molecular flexibility index (Phi) is 8.15. The van der Waals surface area contributed by atoms with Gasteiger partial charge in [-0.15, -0.1) is 0 Å². The van der Waals surface area contributed by atoms with Crippen LogP contribution in [0.1, 0.15) is 47.0 Å². The van der Waals surface area contributed by atoms with E-state index in [1.54, 1.807) is 0 Å². The molecule has 0 aliphatic carbocycles. The SMILES string of the molecule is CCCN(CC1CCCNC1)C(C)C(=O)N(CC)CC. The van der Waals surface area contributed by atoms with Crippen LogP contribution in [0, 0.1) is 5.92 Å². The Morgan fingerprint density at radius 1 is 1.30 bits per heavy atom. The molecule has 0 spiro atoms. The highest BCUT2D eigenvalue weighted by atomic mass is 16.2. The standard InChI is InChI=1S/C16H33N3O/c1-5-11-19(13-15-9-8-10-17-12-15)14(4)16(20)18(6-2)7-3/h14-15,17H,5-13H2,1-4H3. The zero-order valence-corrected chi connectivity index (χ0v) is 13.8. The first-order chi connectivity index (χ1) is 9.63. The van der Waals surface area contributed by atoms with Crippen molar-refractivity contribution in [3.63, 3.8) is 0 Å². The van der Waals surface area contributed by atoms with Crippen molar-refractivity contribution < 1.29 is 4.79 Å². The molecule has 0 radical (unpaired) electrons. The van der Waals surface area contributed by atoms with Gasteiger partial charge in [-0.05, 0) is 65.6 Å². The van der Waals surface area contributed by atoms with Gasteiger partial charge in [-0.2, -0.15) is 0 Å². The van der Waals surface area contributed by atoms with Crippen LogP contribution in [0.3, 0.4) is 0 Å². The van der Waals surface area contributed by atoms with E-state index in [9.17, 15) is 4.79 Å². The molecule has 4 nitrogen and oxygen atoms in total.